The van der Waals surface area contributed by atoms with Crippen molar-refractivity contribution in [3.8, 4) is 17.1 Å². The number of para-hydroxylation sites is 4. The fourth-order valence-corrected chi connectivity index (χ4v) is 9.15. The van der Waals surface area contributed by atoms with Crippen molar-refractivity contribution in [3.05, 3.63) is 207 Å². The van der Waals surface area contributed by atoms with E-state index in [1.165, 1.54) is 43.4 Å². The molecule has 12 aromatic rings. The molecular weight excluding hydrogens is 709 g/mol. The number of hydrogen-bond donors (Lipinski definition) is 0. The molecule has 12 rings (SSSR count). The van der Waals surface area contributed by atoms with Gasteiger partial charge in [0.25, 0.3) is 0 Å². The number of pyridine rings is 2. The van der Waals surface area contributed by atoms with Crippen molar-refractivity contribution in [2.75, 3.05) is 4.90 Å². The zero-order valence-corrected chi connectivity index (χ0v) is 31.3. The van der Waals surface area contributed by atoms with Gasteiger partial charge in [-0.05, 0) is 91.0 Å². The third kappa shape index (κ3) is 4.85. The van der Waals surface area contributed by atoms with Gasteiger partial charge in [-0.1, -0.05) is 91.0 Å². The van der Waals surface area contributed by atoms with Crippen LogP contribution >= 0.6 is 0 Å². The molecule has 5 heterocycles. The molecule has 0 saturated heterocycles. The number of fused-ring (bicyclic) bond motifs is 9. The second-order valence-electron chi connectivity index (χ2n) is 14.8. The van der Waals surface area contributed by atoms with E-state index in [0.29, 0.717) is 0 Å². The molecule has 0 aliphatic heterocycles. The largest absolute Gasteiger partial charge is 0.310 e. The van der Waals surface area contributed by atoms with Crippen LogP contribution in [0.4, 0.5) is 17.1 Å². The van der Waals surface area contributed by atoms with Crippen LogP contribution in [0.5, 0.6) is 0 Å². The van der Waals surface area contributed by atoms with Gasteiger partial charge in [0.1, 0.15) is 0 Å². The summed E-state index contributed by atoms with van der Waals surface area (Å²) >= 11 is 0. The van der Waals surface area contributed by atoms with Gasteiger partial charge < -0.3 is 18.6 Å². The first-order valence-corrected chi connectivity index (χ1v) is 19.6. The molecule has 0 radical (unpaired) electrons. The second-order valence-corrected chi connectivity index (χ2v) is 14.8. The first-order valence-electron chi connectivity index (χ1n) is 19.6. The summed E-state index contributed by atoms with van der Waals surface area (Å²) in [7, 11) is 0. The van der Waals surface area contributed by atoms with Crippen molar-refractivity contribution in [1.29, 1.82) is 0 Å². The Labute approximate surface area is 333 Å². The van der Waals surface area contributed by atoms with E-state index in [9.17, 15) is 0 Å². The van der Waals surface area contributed by atoms with Gasteiger partial charge in [0.05, 0.1) is 45.5 Å². The normalized spacial score (nSPS) is 11.8. The van der Waals surface area contributed by atoms with E-state index in [1.54, 1.807) is 0 Å². The molecule has 0 aliphatic carbocycles. The van der Waals surface area contributed by atoms with Gasteiger partial charge >= 0.3 is 0 Å². The fourth-order valence-electron chi connectivity index (χ4n) is 9.15. The van der Waals surface area contributed by atoms with Crippen molar-refractivity contribution in [3.63, 3.8) is 0 Å². The maximum absolute atomic E-state index is 4.56. The molecule has 0 bridgehead atoms. The Kier molecular flexibility index (Phi) is 7.13. The van der Waals surface area contributed by atoms with E-state index in [2.05, 4.69) is 211 Å². The van der Waals surface area contributed by atoms with Gasteiger partial charge in [-0.25, -0.2) is 0 Å². The molecule has 7 aromatic carbocycles. The number of benzene rings is 7. The summed E-state index contributed by atoms with van der Waals surface area (Å²) in [5.74, 6) is 0. The minimum absolute atomic E-state index is 1.03. The van der Waals surface area contributed by atoms with E-state index in [-0.39, 0.29) is 0 Å². The summed E-state index contributed by atoms with van der Waals surface area (Å²) in [6.45, 7) is 0. The zero-order valence-electron chi connectivity index (χ0n) is 31.3. The Balaban J connectivity index is 1.10. The molecule has 6 heteroatoms. The lowest BCUT2D eigenvalue weighted by molar-refractivity contribution is 1.14. The highest BCUT2D eigenvalue weighted by Gasteiger charge is 2.20. The Hall–Kier alpha value is -7.96. The summed E-state index contributed by atoms with van der Waals surface area (Å²) in [6, 6.07) is 65.4. The van der Waals surface area contributed by atoms with Crippen LogP contribution in [0.2, 0.25) is 0 Å². The average molecular weight is 743 g/mol. The SMILES string of the molecule is c1cc(N(c2cccc(-n3c4ccccc4c4ccncc43)c2)c2cccc(-n3c4ccccc4c4ccncc43)c2)cc(-n2c3ccccc3c3ccccc32)c1. The van der Waals surface area contributed by atoms with Crippen LogP contribution in [-0.2, 0) is 0 Å². The number of anilines is 3. The highest BCUT2D eigenvalue weighted by molar-refractivity contribution is 6.11. The third-order valence-corrected chi connectivity index (χ3v) is 11.6. The number of nitrogens with zero attached hydrogens (tertiary/aromatic N) is 6. The van der Waals surface area contributed by atoms with Crippen LogP contribution in [-0.4, -0.2) is 23.7 Å². The molecule has 0 spiro atoms. The summed E-state index contributed by atoms with van der Waals surface area (Å²) in [5, 5.41) is 7.24. The van der Waals surface area contributed by atoms with E-state index < -0.39 is 0 Å². The number of aromatic nitrogens is 5. The highest BCUT2D eigenvalue weighted by Crippen LogP contribution is 2.41. The molecule has 0 amide bonds. The Morgan fingerprint density at radius 2 is 0.603 bits per heavy atom. The average Bonchev–Trinajstić information content (AvgIpc) is 3.93. The molecule has 0 saturated carbocycles. The number of hydrogen-bond acceptors (Lipinski definition) is 3. The molecule has 0 fully saturated rings. The minimum Gasteiger partial charge on any atom is -0.310 e. The van der Waals surface area contributed by atoms with E-state index >= 15 is 0 Å². The Bertz CT molecular complexity index is 3020. The summed E-state index contributed by atoms with van der Waals surface area (Å²) in [5.41, 5.74) is 13.1. The maximum atomic E-state index is 4.56. The van der Waals surface area contributed by atoms with Gasteiger partial charge in [0.15, 0.2) is 0 Å². The van der Waals surface area contributed by atoms with Gasteiger partial charge in [-0.3, -0.25) is 9.97 Å². The summed E-state index contributed by atoms with van der Waals surface area (Å²) < 4.78 is 7.04. The lowest BCUT2D eigenvalue weighted by Gasteiger charge is -2.27. The molecule has 5 aromatic heterocycles. The molecular formula is C52H34N6. The van der Waals surface area contributed by atoms with Crippen LogP contribution in [0, 0.1) is 0 Å². The van der Waals surface area contributed by atoms with Crippen LogP contribution in [0.25, 0.3) is 82.5 Å². The molecule has 6 nitrogen and oxygen atoms in total. The predicted molar refractivity (Wildman–Crippen MR) is 240 cm³/mol. The molecule has 0 unspecified atom stereocenters. The predicted octanol–water partition coefficient (Wildman–Crippen LogP) is 13.2. The molecule has 0 atom stereocenters. The summed E-state index contributed by atoms with van der Waals surface area (Å²) in [4.78, 5) is 11.5. The van der Waals surface area contributed by atoms with Crippen molar-refractivity contribution in [2.24, 2.45) is 0 Å². The molecule has 0 aliphatic rings. The van der Waals surface area contributed by atoms with Crippen molar-refractivity contribution < 1.29 is 0 Å². The maximum Gasteiger partial charge on any atom is 0.0724 e. The Morgan fingerprint density at radius 3 is 0.966 bits per heavy atom. The van der Waals surface area contributed by atoms with Crippen molar-refractivity contribution in [1.82, 2.24) is 23.7 Å². The molecule has 272 valence electrons. The third-order valence-electron chi connectivity index (χ3n) is 11.6. The highest BCUT2D eigenvalue weighted by atomic mass is 15.2. The van der Waals surface area contributed by atoms with Gasteiger partial charge in [0, 0.05) is 78.8 Å². The molecule has 0 N–H and O–H groups in total. The number of rotatable bonds is 6. The van der Waals surface area contributed by atoms with Crippen LogP contribution in [0.1, 0.15) is 0 Å². The topological polar surface area (TPSA) is 43.8 Å². The lowest BCUT2D eigenvalue weighted by atomic mass is 10.1. The quantitative estimate of drug-likeness (QED) is 0.170. The minimum atomic E-state index is 1.03. The lowest BCUT2D eigenvalue weighted by Crippen LogP contribution is -2.12. The van der Waals surface area contributed by atoms with Gasteiger partial charge in [-0.15, -0.1) is 0 Å². The van der Waals surface area contributed by atoms with E-state index in [0.717, 1.165) is 56.2 Å². The van der Waals surface area contributed by atoms with Crippen LogP contribution in [0.3, 0.4) is 0 Å². The zero-order chi connectivity index (χ0) is 38.2. The Morgan fingerprint density at radius 1 is 0.293 bits per heavy atom. The van der Waals surface area contributed by atoms with Gasteiger partial charge in [0.2, 0.25) is 0 Å². The van der Waals surface area contributed by atoms with Crippen LogP contribution in [0.15, 0.2) is 207 Å². The molecule has 58 heavy (non-hydrogen) atoms. The fraction of sp³-hybridized carbons (Fsp3) is 0. The van der Waals surface area contributed by atoms with Gasteiger partial charge in [-0.2, -0.15) is 0 Å². The first kappa shape index (κ1) is 32.3. The first-order chi connectivity index (χ1) is 28.8. The smallest absolute Gasteiger partial charge is 0.0724 e. The van der Waals surface area contributed by atoms with E-state index in [4.69, 9.17) is 0 Å². The summed E-state index contributed by atoms with van der Waals surface area (Å²) in [6.07, 6.45) is 7.70. The van der Waals surface area contributed by atoms with Crippen molar-refractivity contribution in [2.45, 2.75) is 0 Å². The monoisotopic (exact) mass is 742 g/mol. The van der Waals surface area contributed by atoms with E-state index in [1.807, 2.05) is 24.8 Å². The standard InChI is InChI=1S/C52H34N6/c1-5-22-47-41(18-1)42-19-2-6-23-48(42)56(47)38-15-9-12-35(30-38)55(36-13-10-16-39(31-36)57-49-24-7-3-20-43(49)45-26-28-53-33-51(45)57)37-14-11-17-40(32-37)58-50-25-8-4-21-44(50)46-27-29-54-34-52(46)58/h1-34H. The van der Waals surface area contributed by atoms with Crippen molar-refractivity contribution >= 4 is 82.5 Å². The van der Waals surface area contributed by atoms with Crippen LogP contribution < -0.4 is 4.90 Å². The second kappa shape index (κ2) is 12.8.